The van der Waals surface area contributed by atoms with E-state index in [1.807, 2.05) is 0 Å². The quantitative estimate of drug-likeness (QED) is 0.731. The third-order valence-corrected chi connectivity index (χ3v) is 2.38. The van der Waals surface area contributed by atoms with Gasteiger partial charge in [-0.15, -0.1) is 0 Å². The second kappa shape index (κ2) is 4.57. The molecule has 0 atom stereocenters. The van der Waals surface area contributed by atoms with Crippen LogP contribution in [-0.2, 0) is 0 Å². The van der Waals surface area contributed by atoms with Gasteiger partial charge < -0.3 is 10.6 Å². The maximum atomic E-state index is 12.8. The Balaban J connectivity index is 1.74. The van der Waals surface area contributed by atoms with Crippen molar-refractivity contribution >= 4 is 5.69 Å². The maximum absolute atomic E-state index is 12.8. The summed E-state index contributed by atoms with van der Waals surface area (Å²) in [7, 11) is 0. The molecule has 0 heterocycles. The average molecular weight is 212 g/mol. The number of hydrogen-bond acceptors (Lipinski definition) is 2. The highest BCUT2D eigenvalue weighted by atomic mass is 19.2. The van der Waals surface area contributed by atoms with E-state index in [1.165, 1.54) is 25.0 Å². The molecule has 1 aromatic carbocycles. The van der Waals surface area contributed by atoms with E-state index in [1.54, 1.807) is 0 Å². The Kier molecular flexibility index (Phi) is 3.16. The van der Waals surface area contributed by atoms with E-state index in [-0.39, 0.29) is 0 Å². The Morgan fingerprint density at radius 3 is 2.60 bits per heavy atom. The SMILES string of the molecule is Fc1ccc(NCCNC2CC2)cc1F. The Morgan fingerprint density at radius 1 is 1.13 bits per heavy atom. The summed E-state index contributed by atoms with van der Waals surface area (Å²) >= 11 is 0. The van der Waals surface area contributed by atoms with Gasteiger partial charge in [0.05, 0.1) is 0 Å². The first kappa shape index (κ1) is 10.4. The van der Waals surface area contributed by atoms with Crippen LogP contribution < -0.4 is 10.6 Å². The molecule has 15 heavy (non-hydrogen) atoms. The highest BCUT2D eigenvalue weighted by Gasteiger charge is 2.19. The molecule has 0 unspecified atom stereocenters. The van der Waals surface area contributed by atoms with E-state index in [9.17, 15) is 8.78 Å². The molecule has 1 aliphatic rings. The van der Waals surface area contributed by atoms with Crippen LogP contribution in [0.5, 0.6) is 0 Å². The van der Waals surface area contributed by atoms with Crippen molar-refractivity contribution in [3.8, 4) is 0 Å². The second-order valence-corrected chi connectivity index (χ2v) is 3.78. The minimum Gasteiger partial charge on any atom is -0.384 e. The van der Waals surface area contributed by atoms with Crippen molar-refractivity contribution in [3.63, 3.8) is 0 Å². The van der Waals surface area contributed by atoms with Crippen LogP contribution >= 0.6 is 0 Å². The topological polar surface area (TPSA) is 24.1 Å². The molecule has 1 aromatic rings. The van der Waals surface area contributed by atoms with Crippen molar-refractivity contribution < 1.29 is 8.78 Å². The van der Waals surface area contributed by atoms with E-state index in [2.05, 4.69) is 10.6 Å². The first-order valence-corrected chi connectivity index (χ1v) is 5.18. The standard InChI is InChI=1S/C11H14F2N2/c12-10-4-3-9(7-11(10)13)15-6-5-14-8-1-2-8/h3-4,7-8,14-15H,1-2,5-6H2. The Hall–Kier alpha value is -1.16. The third kappa shape index (κ3) is 3.16. The molecule has 4 heteroatoms. The van der Waals surface area contributed by atoms with E-state index >= 15 is 0 Å². The third-order valence-electron chi connectivity index (χ3n) is 2.38. The second-order valence-electron chi connectivity index (χ2n) is 3.78. The zero-order valence-corrected chi connectivity index (χ0v) is 8.39. The summed E-state index contributed by atoms with van der Waals surface area (Å²) in [6.07, 6.45) is 2.51. The smallest absolute Gasteiger partial charge is 0.160 e. The molecule has 0 radical (unpaired) electrons. The van der Waals surface area contributed by atoms with Gasteiger partial charge in [0.25, 0.3) is 0 Å². The minimum atomic E-state index is -0.810. The number of anilines is 1. The molecule has 2 N–H and O–H groups in total. The monoisotopic (exact) mass is 212 g/mol. The van der Waals surface area contributed by atoms with Gasteiger partial charge in [0, 0.05) is 24.8 Å². The van der Waals surface area contributed by atoms with Crippen LogP contribution in [0.3, 0.4) is 0 Å². The lowest BCUT2D eigenvalue weighted by molar-refractivity contribution is 0.509. The molecule has 2 rings (SSSR count). The Morgan fingerprint density at radius 2 is 1.93 bits per heavy atom. The predicted octanol–water partition coefficient (Wildman–Crippen LogP) is 2.13. The van der Waals surface area contributed by atoms with E-state index in [0.29, 0.717) is 11.7 Å². The summed E-state index contributed by atoms with van der Waals surface area (Å²) in [6, 6.07) is 4.52. The van der Waals surface area contributed by atoms with Gasteiger partial charge in [-0.2, -0.15) is 0 Å². The first-order valence-electron chi connectivity index (χ1n) is 5.18. The van der Waals surface area contributed by atoms with Gasteiger partial charge in [-0.05, 0) is 31.0 Å². The number of nitrogens with one attached hydrogen (secondary N) is 2. The van der Waals surface area contributed by atoms with Crippen LogP contribution in [0.15, 0.2) is 18.2 Å². The molecule has 0 aliphatic heterocycles. The summed E-state index contributed by atoms with van der Waals surface area (Å²) < 4.78 is 25.4. The molecular weight excluding hydrogens is 198 g/mol. The molecule has 1 aliphatic carbocycles. The molecular formula is C11H14F2N2. The fraction of sp³-hybridized carbons (Fsp3) is 0.455. The van der Waals surface area contributed by atoms with Gasteiger partial charge in [0.1, 0.15) is 0 Å². The first-order chi connectivity index (χ1) is 7.25. The predicted molar refractivity (Wildman–Crippen MR) is 55.9 cm³/mol. The van der Waals surface area contributed by atoms with Crippen LogP contribution in [0.2, 0.25) is 0 Å². The number of rotatable bonds is 5. The van der Waals surface area contributed by atoms with Crippen LogP contribution in [0, 0.1) is 11.6 Å². The van der Waals surface area contributed by atoms with Crippen molar-refractivity contribution in [2.75, 3.05) is 18.4 Å². The highest BCUT2D eigenvalue weighted by Crippen LogP contribution is 2.18. The van der Waals surface area contributed by atoms with E-state index in [0.717, 1.165) is 19.2 Å². The minimum absolute atomic E-state index is 0.617. The van der Waals surface area contributed by atoms with Crippen molar-refractivity contribution in [2.45, 2.75) is 18.9 Å². The Bertz CT molecular complexity index is 337. The molecule has 2 nitrogen and oxygen atoms in total. The van der Waals surface area contributed by atoms with Crippen molar-refractivity contribution in [2.24, 2.45) is 0 Å². The summed E-state index contributed by atoms with van der Waals surface area (Å²) in [6.45, 7) is 1.57. The van der Waals surface area contributed by atoms with Crippen LogP contribution in [-0.4, -0.2) is 19.1 Å². The highest BCUT2D eigenvalue weighted by molar-refractivity contribution is 5.43. The molecule has 1 fully saturated rings. The van der Waals surface area contributed by atoms with Crippen LogP contribution in [0.1, 0.15) is 12.8 Å². The van der Waals surface area contributed by atoms with Gasteiger partial charge >= 0.3 is 0 Å². The molecule has 82 valence electrons. The summed E-state index contributed by atoms with van der Waals surface area (Å²) in [5.74, 6) is -1.62. The van der Waals surface area contributed by atoms with Gasteiger partial charge in [-0.25, -0.2) is 8.78 Å². The zero-order valence-electron chi connectivity index (χ0n) is 8.39. The summed E-state index contributed by atoms with van der Waals surface area (Å²) in [5.41, 5.74) is 0.617. The molecule has 0 spiro atoms. The lowest BCUT2D eigenvalue weighted by Gasteiger charge is -2.07. The fourth-order valence-corrected chi connectivity index (χ4v) is 1.38. The number of hydrogen-bond donors (Lipinski definition) is 2. The van der Waals surface area contributed by atoms with E-state index in [4.69, 9.17) is 0 Å². The number of halogens is 2. The molecule has 0 saturated heterocycles. The maximum Gasteiger partial charge on any atom is 0.160 e. The molecule has 0 aromatic heterocycles. The van der Waals surface area contributed by atoms with Gasteiger partial charge in [-0.1, -0.05) is 0 Å². The van der Waals surface area contributed by atoms with Crippen LogP contribution in [0.25, 0.3) is 0 Å². The van der Waals surface area contributed by atoms with Gasteiger partial charge in [-0.3, -0.25) is 0 Å². The molecule has 0 amide bonds. The molecule has 1 saturated carbocycles. The van der Waals surface area contributed by atoms with Crippen LogP contribution in [0.4, 0.5) is 14.5 Å². The van der Waals surface area contributed by atoms with Gasteiger partial charge in [0.2, 0.25) is 0 Å². The van der Waals surface area contributed by atoms with Crippen molar-refractivity contribution in [1.29, 1.82) is 0 Å². The van der Waals surface area contributed by atoms with E-state index < -0.39 is 11.6 Å². The van der Waals surface area contributed by atoms with Crippen molar-refractivity contribution in [3.05, 3.63) is 29.8 Å². The summed E-state index contributed by atoms with van der Waals surface area (Å²) in [5, 5.41) is 6.35. The lowest BCUT2D eigenvalue weighted by Crippen LogP contribution is -2.23. The largest absolute Gasteiger partial charge is 0.384 e. The van der Waals surface area contributed by atoms with Crippen molar-refractivity contribution in [1.82, 2.24) is 5.32 Å². The Labute approximate surface area is 87.7 Å². The zero-order chi connectivity index (χ0) is 10.7. The summed E-state index contributed by atoms with van der Waals surface area (Å²) in [4.78, 5) is 0. The fourth-order valence-electron chi connectivity index (χ4n) is 1.38. The lowest BCUT2D eigenvalue weighted by atomic mass is 10.3. The molecule has 0 bridgehead atoms. The van der Waals surface area contributed by atoms with Gasteiger partial charge in [0.15, 0.2) is 11.6 Å². The normalized spacial score (nSPS) is 15.3. The average Bonchev–Trinajstić information content (AvgIpc) is 3.02. The number of benzene rings is 1.